The lowest BCUT2D eigenvalue weighted by Crippen LogP contribution is -2.49. The van der Waals surface area contributed by atoms with Crippen LogP contribution in [-0.4, -0.2) is 75.6 Å². The predicted molar refractivity (Wildman–Crippen MR) is 132 cm³/mol. The van der Waals surface area contributed by atoms with Crippen LogP contribution in [0.3, 0.4) is 0 Å². The Morgan fingerprint density at radius 1 is 1.22 bits per heavy atom. The van der Waals surface area contributed by atoms with Crippen LogP contribution in [0.2, 0.25) is 0 Å². The normalized spacial score (nSPS) is 18.7. The summed E-state index contributed by atoms with van der Waals surface area (Å²) >= 11 is 6.70. The zero-order valence-electron chi connectivity index (χ0n) is 18.8. The first kappa shape index (κ1) is 24.5. The van der Waals surface area contributed by atoms with Crippen LogP contribution in [0.25, 0.3) is 6.08 Å². The van der Waals surface area contributed by atoms with Crippen molar-refractivity contribution in [1.82, 2.24) is 14.4 Å². The number of aromatic nitrogens is 1. The van der Waals surface area contributed by atoms with Gasteiger partial charge in [0.2, 0.25) is 0 Å². The average molecular weight is 476 g/mol. The van der Waals surface area contributed by atoms with Crippen molar-refractivity contribution >= 4 is 46.1 Å². The Kier molecular flexibility index (Phi) is 8.11. The van der Waals surface area contributed by atoms with E-state index >= 15 is 0 Å². The summed E-state index contributed by atoms with van der Waals surface area (Å²) in [6.07, 6.45) is 3.63. The van der Waals surface area contributed by atoms with Gasteiger partial charge in [-0.05, 0) is 25.0 Å². The van der Waals surface area contributed by atoms with Crippen LogP contribution in [-0.2, 0) is 11.8 Å². The molecular formula is C22H29N5O3S2. The third kappa shape index (κ3) is 4.76. The highest BCUT2D eigenvalue weighted by atomic mass is 32.2. The molecule has 0 atom stereocenters. The van der Waals surface area contributed by atoms with E-state index in [9.17, 15) is 20.0 Å². The molecular weight excluding hydrogens is 446 g/mol. The number of amides is 1. The number of aliphatic hydroxyl groups excluding tert-OH is 1. The largest absolute Gasteiger partial charge is 0.395 e. The topological polar surface area (TPSA) is 92.8 Å². The fourth-order valence-electron chi connectivity index (χ4n) is 4.06. The fraction of sp³-hybridized carbons (Fsp3) is 0.545. The zero-order chi connectivity index (χ0) is 23.4. The lowest BCUT2D eigenvalue weighted by molar-refractivity contribution is -0.122. The maximum Gasteiger partial charge on any atom is 0.270 e. The summed E-state index contributed by atoms with van der Waals surface area (Å²) in [5.41, 5.74) is 1.02. The monoisotopic (exact) mass is 475 g/mol. The molecule has 3 heterocycles. The van der Waals surface area contributed by atoms with E-state index in [0.717, 1.165) is 25.9 Å². The van der Waals surface area contributed by atoms with E-state index < -0.39 is 0 Å². The molecule has 0 bridgehead atoms. The number of thiocarbonyl (C=S) groups is 1. The highest BCUT2D eigenvalue weighted by Crippen LogP contribution is 2.36. The molecule has 32 heavy (non-hydrogen) atoms. The van der Waals surface area contributed by atoms with Crippen molar-refractivity contribution in [2.45, 2.75) is 26.7 Å². The molecule has 1 N–H and O–H groups in total. The van der Waals surface area contributed by atoms with E-state index in [1.165, 1.54) is 16.3 Å². The molecule has 10 heteroatoms. The van der Waals surface area contributed by atoms with Crippen LogP contribution in [0, 0.1) is 18.3 Å². The van der Waals surface area contributed by atoms with Crippen LogP contribution in [0.4, 0.5) is 5.82 Å². The molecule has 8 nitrogen and oxygen atoms in total. The molecule has 1 aromatic heterocycles. The molecule has 172 valence electrons. The Bertz CT molecular complexity index is 1040. The maximum atomic E-state index is 13.0. The Labute approximate surface area is 198 Å². The van der Waals surface area contributed by atoms with Crippen molar-refractivity contribution < 1.29 is 9.90 Å². The molecule has 2 fully saturated rings. The number of β-amino-alcohol motifs (C(OH)–C–C–N with tert-alkyl or cyclic N) is 1. The highest BCUT2D eigenvalue weighted by Gasteiger charge is 2.33. The maximum absolute atomic E-state index is 13.0. The molecule has 2 aliphatic heterocycles. The average Bonchev–Trinajstić information content (AvgIpc) is 3.04. The van der Waals surface area contributed by atoms with Crippen LogP contribution in [0.5, 0.6) is 0 Å². The predicted octanol–water partition coefficient (Wildman–Crippen LogP) is 1.68. The second kappa shape index (κ2) is 10.6. The number of nitriles is 1. The number of carbonyl (C=O) groups excluding carboxylic acids is 1. The third-order valence-electron chi connectivity index (χ3n) is 5.94. The van der Waals surface area contributed by atoms with Gasteiger partial charge in [0.25, 0.3) is 11.5 Å². The number of pyridine rings is 1. The SMILES string of the molecule is CCCCN1C(=O)/C(=C/c2c(C)c(C#N)c(=O)n(C)c2N2CCN(CCO)CC2)SC1=S. The molecule has 1 amide bonds. The zero-order valence-corrected chi connectivity index (χ0v) is 20.4. The lowest BCUT2D eigenvalue weighted by atomic mass is 10.0. The van der Waals surface area contributed by atoms with Crippen molar-refractivity contribution in [2.75, 3.05) is 50.8 Å². The molecule has 0 aromatic carbocycles. The molecule has 0 unspecified atom stereocenters. The van der Waals surface area contributed by atoms with Gasteiger partial charge >= 0.3 is 0 Å². The molecule has 3 rings (SSSR count). The van der Waals surface area contributed by atoms with Crippen molar-refractivity contribution in [3.8, 4) is 6.07 Å². The van der Waals surface area contributed by atoms with E-state index in [2.05, 4.69) is 16.7 Å². The number of piperazine rings is 1. The second-order valence-electron chi connectivity index (χ2n) is 7.95. The molecule has 2 aliphatic rings. The molecule has 0 spiro atoms. The van der Waals surface area contributed by atoms with E-state index in [-0.39, 0.29) is 23.6 Å². The quantitative estimate of drug-likeness (QED) is 0.470. The van der Waals surface area contributed by atoms with Crippen LogP contribution >= 0.6 is 24.0 Å². The Hall–Kier alpha value is -2.19. The summed E-state index contributed by atoms with van der Waals surface area (Å²) in [6.45, 7) is 8.01. The minimum absolute atomic E-state index is 0.0860. The van der Waals surface area contributed by atoms with Crippen LogP contribution < -0.4 is 10.5 Å². The Morgan fingerprint density at radius 3 is 2.50 bits per heavy atom. The van der Waals surface area contributed by atoms with Gasteiger partial charge in [0.15, 0.2) is 0 Å². The lowest BCUT2D eigenvalue weighted by Gasteiger charge is -2.37. The third-order valence-corrected chi connectivity index (χ3v) is 7.32. The molecule has 2 saturated heterocycles. The first-order valence-corrected chi connectivity index (χ1v) is 12.0. The summed E-state index contributed by atoms with van der Waals surface area (Å²) in [7, 11) is 1.67. The van der Waals surface area contributed by atoms with Crippen LogP contribution in [0.1, 0.15) is 36.5 Å². The van der Waals surface area contributed by atoms with Crippen molar-refractivity contribution in [3.05, 3.63) is 31.9 Å². The first-order valence-electron chi connectivity index (χ1n) is 10.8. The molecule has 0 saturated carbocycles. The number of aliphatic hydroxyl groups is 1. The first-order chi connectivity index (χ1) is 15.3. The van der Waals surface area contributed by atoms with Gasteiger partial charge in [0, 0.05) is 51.9 Å². The van der Waals surface area contributed by atoms with E-state index in [4.69, 9.17) is 12.2 Å². The van der Waals surface area contributed by atoms with Crippen molar-refractivity contribution in [2.24, 2.45) is 7.05 Å². The number of unbranched alkanes of at least 4 members (excludes halogenated alkanes) is 1. The van der Waals surface area contributed by atoms with Gasteiger partial charge in [-0.1, -0.05) is 37.3 Å². The number of anilines is 1. The fourth-order valence-corrected chi connectivity index (χ4v) is 5.35. The van der Waals surface area contributed by atoms with Crippen molar-refractivity contribution in [1.29, 1.82) is 5.26 Å². The van der Waals surface area contributed by atoms with Gasteiger partial charge < -0.3 is 10.0 Å². The van der Waals surface area contributed by atoms with Crippen molar-refractivity contribution in [3.63, 3.8) is 0 Å². The molecule has 0 aliphatic carbocycles. The smallest absolute Gasteiger partial charge is 0.270 e. The number of rotatable bonds is 7. The minimum Gasteiger partial charge on any atom is -0.395 e. The summed E-state index contributed by atoms with van der Waals surface area (Å²) in [5.74, 6) is 0.577. The summed E-state index contributed by atoms with van der Waals surface area (Å²) in [4.78, 5) is 32.3. The number of hydrogen-bond acceptors (Lipinski definition) is 8. The Morgan fingerprint density at radius 2 is 1.91 bits per heavy atom. The van der Waals surface area contributed by atoms with Gasteiger partial charge in [0.05, 0.1) is 11.5 Å². The van der Waals surface area contributed by atoms with Gasteiger partial charge in [-0.3, -0.25) is 24.0 Å². The summed E-state index contributed by atoms with van der Waals surface area (Å²) in [6, 6.07) is 2.04. The summed E-state index contributed by atoms with van der Waals surface area (Å²) in [5, 5.41) is 18.8. The van der Waals surface area contributed by atoms with Gasteiger partial charge in [-0.2, -0.15) is 5.26 Å². The number of nitrogens with zero attached hydrogens (tertiary/aromatic N) is 5. The van der Waals surface area contributed by atoms with Gasteiger partial charge in [-0.25, -0.2) is 0 Å². The Balaban J connectivity index is 2.06. The van der Waals surface area contributed by atoms with Gasteiger partial charge in [0.1, 0.15) is 21.8 Å². The highest BCUT2D eigenvalue weighted by molar-refractivity contribution is 8.26. The van der Waals surface area contributed by atoms with E-state index in [1.54, 1.807) is 24.9 Å². The number of carbonyl (C=O) groups is 1. The van der Waals surface area contributed by atoms with Gasteiger partial charge in [-0.15, -0.1) is 0 Å². The molecule has 1 aromatic rings. The summed E-state index contributed by atoms with van der Waals surface area (Å²) < 4.78 is 2.05. The second-order valence-corrected chi connectivity index (χ2v) is 9.63. The minimum atomic E-state index is -0.342. The standard InChI is InChI=1S/C22H29N5O3S2/c1-4-5-6-27-21(30)18(32-22(27)31)13-16-15(2)17(14-23)20(29)24(3)19(16)26-9-7-25(8-10-26)11-12-28/h13,28H,4-12H2,1-3H3/b18-13-. The van der Waals surface area contributed by atoms with E-state index in [0.29, 0.717) is 52.3 Å². The van der Waals surface area contributed by atoms with E-state index in [1.807, 2.05) is 6.07 Å². The molecule has 0 radical (unpaired) electrons. The van der Waals surface area contributed by atoms with Crippen LogP contribution in [0.15, 0.2) is 9.70 Å². The number of hydrogen-bond donors (Lipinski definition) is 1. The number of thioether (sulfide) groups is 1.